The van der Waals surface area contributed by atoms with Gasteiger partial charge in [-0.1, -0.05) is 23.4 Å². The molecular weight excluding hydrogens is 358 g/mol. The number of aryl methyl sites for hydroxylation is 2. The van der Waals surface area contributed by atoms with Crippen molar-refractivity contribution in [3.05, 3.63) is 46.8 Å². The van der Waals surface area contributed by atoms with Crippen molar-refractivity contribution in [1.82, 2.24) is 15.0 Å². The number of nitrogens with zero attached hydrogens (tertiary/aromatic N) is 3. The van der Waals surface area contributed by atoms with Gasteiger partial charge in [-0.2, -0.15) is 0 Å². The van der Waals surface area contributed by atoms with Gasteiger partial charge in [0.1, 0.15) is 22.7 Å². The predicted octanol–water partition coefficient (Wildman–Crippen LogP) is 2.71. The highest BCUT2D eigenvalue weighted by molar-refractivity contribution is 5.96. The van der Waals surface area contributed by atoms with Crippen LogP contribution in [0.15, 0.2) is 28.8 Å². The van der Waals surface area contributed by atoms with Gasteiger partial charge in [0.2, 0.25) is 5.91 Å². The first-order valence-corrected chi connectivity index (χ1v) is 9.63. The van der Waals surface area contributed by atoms with E-state index >= 15 is 0 Å². The number of hydrogen-bond acceptors (Lipinski definition) is 5. The van der Waals surface area contributed by atoms with E-state index in [0.29, 0.717) is 56.0 Å². The minimum atomic E-state index is -0.507. The first-order chi connectivity index (χ1) is 13.4. The molecule has 3 heterocycles. The molecular formula is C21H25N3O4. The molecule has 1 fully saturated rings. The molecule has 1 spiro atoms. The Hall–Kier alpha value is -2.83. The smallest absolute Gasteiger partial charge is 0.259 e. The van der Waals surface area contributed by atoms with Crippen LogP contribution in [0.3, 0.4) is 0 Å². The molecule has 1 aromatic carbocycles. The second kappa shape index (κ2) is 6.96. The molecule has 0 atom stereocenters. The van der Waals surface area contributed by atoms with Gasteiger partial charge in [0, 0.05) is 45.0 Å². The van der Waals surface area contributed by atoms with Crippen LogP contribution in [0.4, 0.5) is 0 Å². The molecule has 0 aliphatic carbocycles. The largest absolute Gasteiger partial charge is 0.485 e. The van der Waals surface area contributed by atoms with Gasteiger partial charge in [-0.3, -0.25) is 9.59 Å². The number of likely N-dealkylation sites (tertiary alicyclic amines) is 1. The Morgan fingerprint density at radius 3 is 2.46 bits per heavy atom. The third kappa shape index (κ3) is 3.25. The lowest BCUT2D eigenvalue weighted by Crippen LogP contribution is -2.55. The Kier molecular flexibility index (Phi) is 4.61. The fourth-order valence-electron chi connectivity index (χ4n) is 4.19. The third-order valence-electron chi connectivity index (χ3n) is 5.79. The van der Waals surface area contributed by atoms with E-state index in [4.69, 9.17) is 9.26 Å². The van der Waals surface area contributed by atoms with E-state index in [1.165, 1.54) is 0 Å². The fraction of sp³-hybridized carbons (Fsp3) is 0.476. The molecule has 2 aromatic rings. The van der Waals surface area contributed by atoms with E-state index in [9.17, 15) is 9.59 Å². The molecule has 0 N–H and O–H groups in total. The van der Waals surface area contributed by atoms with Crippen LogP contribution in [0.2, 0.25) is 0 Å². The van der Waals surface area contributed by atoms with Crippen molar-refractivity contribution in [2.45, 2.75) is 45.8 Å². The summed E-state index contributed by atoms with van der Waals surface area (Å²) in [6, 6.07) is 7.85. The Labute approximate surface area is 164 Å². The lowest BCUT2D eigenvalue weighted by atomic mass is 9.90. The zero-order valence-electron chi connectivity index (χ0n) is 16.5. The van der Waals surface area contributed by atoms with Crippen LogP contribution in [0.25, 0.3) is 0 Å². The molecule has 148 valence electrons. The van der Waals surface area contributed by atoms with Gasteiger partial charge >= 0.3 is 0 Å². The maximum Gasteiger partial charge on any atom is 0.259 e. The SMILES string of the molecule is CC(=O)N1CCC2(CC1)CN(C(=O)c1c(C)noc1C)Cc1ccccc1O2. The molecule has 1 aromatic heterocycles. The zero-order chi connectivity index (χ0) is 19.9. The molecule has 2 amide bonds. The van der Waals surface area contributed by atoms with E-state index in [1.807, 2.05) is 34.1 Å². The van der Waals surface area contributed by atoms with E-state index in [1.54, 1.807) is 20.8 Å². The van der Waals surface area contributed by atoms with Crippen LogP contribution < -0.4 is 4.74 Å². The number of fused-ring (bicyclic) bond motifs is 1. The highest BCUT2D eigenvalue weighted by atomic mass is 16.5. The van der Waals surface area contributed by atoms with Gasteiger partial charge in [-0.05, 0) is 19.9 Å². The average molecular weight is 383 g/mol. The maximum atomic E-state index is 13.4. The summed E-state index contributed by atoms with van der Waals surface area (Å²) in [5.74, 6) is 1.33. The van der Waals surface area contributed by atoms with E-state index in [-0.39, 0.29) is 11.8 Å². The topological polar surface area (TPSA) is 75.9 Å². The lowest BCUT2D eigenvalue weighted by molar-refractivity contribution is -0.132. The molecule has 0 saturated carbocycles. The molecule has 28 heavy (non-hydrogen) atoms. The molecule has 2 aliphatic rings. The molecule has 4 rings (SSSR count). The number of para-hydroxylation sites is 1. The highest BCUT2D eigenvalue weighted by Crippen LogP contribution is 2.36. The first kappa shape index (κ1) is 18.5. The highest BCUT2D eigenvalue weighted by Gasteiger charge is 2.43. The van der Waals surface area contributed by atoms with Crippen LogP contribution in [0, 0.1) is 13.8 Å². The number of rotatable bonds is 1. The molecule has 0 radical (unpaired) electrons. The van der Waals surface area contributed by atoms with Crippen molar-refractivity contribution >= 4 is 11.8 Å². The van der Waals surface area contributed by atoms with Crippen molar-refractivity contribution in [3.63, 3.8) is 0 Å². The van der Waals surface area contributed by atoms with Crippen LogP contribution in [0.5, 0.6) is 5.75 Å². The Morgan fingerprint density at radius 2 is 1.82 bits per heavy atom. The number of benzene rings is 1. The number of amides is 2. The predicted molar refractivity (Wildman–Crippen MR) is 102 cm³/mol. The van der Waals surface area contributed by atoms with Gasteiger partial charge in [-0.15, -0.1) is 0 Å². The second-order valence-electron chi connectivity index (χ2n) is 7.76. The van der Waals surface area contributed by atoms with Gasteiger partial charge in [0.15, 0.2) is 0 Å². The van der Waals surface area contributed by atoms with Crippen molar-refractivity contribution in [1.29, 1.82) is 0 Å². The fourth-order valence-corrected chi connectivity index (χ4v) is 4.19. The number of aromatic nitrogens is 1. The van der Waals surface area contributed by atoms with E-state index < -0.39 is 5.60 Å². The van der Waals surface area contributed by atoms with Gasteiger partial charge in [-0.25, -0.2) is 0 Å². The minimum Gasteiger partial charge on any atom is -0.485 e. The summed E-state index contributed by atoms with van der Waals surface area (Å²) in [5, 5.41) is 3.94. The van der Waals surface area contributed by atoms with Crippen molar-refractivity contribution in [2.24, 2.45) is 0 Å². The summed E-state index contributed by atoms with van der Waals surface area (Å²) < 4.78 is 11.7. The standard InChI is InChI=1S/C21H25N3O4/c1-14-19(15(2)28-22-14)20(26)24-12-17-6-4-5-7-18(17)27-21(13-24)8-10-23(11-9-21)16(3)25/h4-7H,8-13H2,1-3H3. The lowest BCUT2D eigenvalue weighted by Gasteiger charge is -2.42. The summed E-state index contributed by atoms with van der Waals surface area (Å²) in [6.07, 6.45) is 1.37. The van der Waals surface area contributed by atoms with E-state index in [0.717, 1.165) is 11.3 Å². The van der Waals surface area contributed by atoms with Crippen molar-refractivity contribution in [3.8, 4) is 5.75 Å². The molecule has 7 heteroatoms. The number of ether oxygens (including phenoxy) is 1. The average Bonchev–Trinajstić information content (AvgIpc) is 2.91. The van der Waals surface area contributed by atoms with Crippen molar-refractivity contribution in [2.75, 3.05) is 19.6 Å². The van der Waals surface area contributed by atoms with Crippen LogP contribution in [0.1, 0.15) is 47.1 Å². The molecule has 0 bridgehead atoms. The molecule has 2 aliphatic heterocycles. The summed E-state index contributed by atoms with van der Waals surface area (Å²) in [7, 11) is 0. The first-order valence-electron chi connectivity index (χ1n) is 9.63. The minimum absolute atomic E-state index is 0.0764. The monoisotopic (exact) mass is 383 g/mol. The summed E-state index contributed by atoms with van der Waals surface area (Å²) in [6.45, 7) is 7.33. The molecule has 1 saturated heterocycles. The number of hydrogen-bond donors (Lipinski definition) is 0. The van der Waals surface area contributed by atoms with Crippen LogP contribution >= 0.6 is 0 Å². The number of piperidine rings is 1. The van der Waals surface area contributed by atoms with E-state index in [2.05, 4.69) is 5.16 Å². The normalized spacial score (nSPS) is 18.4. The maximum absolute atomic E-state index is 13.4. The zero-order valence-corrected chi connectivity index (χ0v) is 16.5. The summed E-state index contributed by atoms with van der Waals surface area (Å²) in [5.41, 5.74) is 1.60. The molecule has 0 unspecified atom stereocenters. The molecule has 7 nitrogen and oxygen atoms in total. The van der Waals surface area contributed by atoms with Gasteiger partial charge in [0.25, 0.3) is 5.91 Å². The van der Waals surface area contributed by atoms with Gasteiger partial charge in [0.05, 0.1) is 12.2 Å². The van der Waals surface area contributed by atoms with Crippen LogP contribution in [-0.4, -0.2) is 52.0 Å². The Balaban J connectivity index is 1.68. The summed E-state index contributed by atoms with van der Waals surface area (Å²) >= 11 is 0. The summed E-state index contributed by atoms with van der Waals surface area (Å²) in [4.78, 5) is 28.8. The third-order valence-corrected chi connectivity index (χ3v) is 5.79. The van der Waals surface area contributed by atoms with Crippen LogP contribution in [-0.2, 0) is 11.3 Å². The van der Waals surface area contributed by atoms with Crippen molar-refractivity contribution < 1.29 is 18.8 Å². The quantitative estimate of drug-likeness (QED) is 0.757. The number of carbonyl (C=O) groups excluding carboxylic acids is 2. The van der Waals surface area contributed by atoms with Gasteiger partial charge < -0.3 is 19.1 Å². The second-order valence-corrected chi connectivity index (χ2v) is 7.76. The Bertz CT molecular complexity index is 893. The number of carbonyl (C=O) groups is 2. The Morgan fingerprint density at radius 1 is 1.11 bits per heavy atom.